The van der Waals surface area contributed by atoms with Gasteiger partial charge in [0.15, 0.2) is 5.78 Å². The average molecular weight is 284 g/mol. The predicted octanol–water partition coefficient (Wildman–Crippen LogP) is 2.80. The molecule has 0 atom stereocenters. The minimum Gasteiger partial charge on any atom is -0.494 e. The first kappa shape index (κ1) is 15.2. The molecule has 0 aliphatic carbocycles. The van der Waals surface area contributed by atoms with Crippen LogP contribution in [0.5, 0.6) is 5.75 Å². The lowest BCUT2D eigenvalue weighted by molar-refractivity contribution is 0.0942. The van der Waals surface area contributed by atoms with E-state index in [0.29, 0.717) is 25.3 Å². The summed E-state index contributed by atoms with van der Waals surface area (Å²) in [5.74, 6) is 0.882. The summed E-state index contributed by atoms with van der Waals surface area (Å²) in [6.45, 7) is 3.58. The number of ether oxygens (including phenoxy) is 1. The summed E-state index contributed by atoms with van der Waals surface area (Å²) < 4.78 is 5.37. The largest absolute Gasteiger partial charge is 0.494 e. The minimum absolute atomic E-state index is 0.0940. The highest BCUT2D eigenvalue weighted by molar-refractivity contribution is 5.97. The fourth-order valence-corrected chi connectivity index (χ4v) is 2.06. The number of benzene rings is 1. The van der Waals surface area contributed by atoms with Gasteiger partial charge in [0.1, 0.15) is 5.75 Å². The lowest BCUT2D eigenvalue weighted by atomic mass is 10.1. The van der Waals surface area contributed by atoms with Gasteiger partial charge < -0.3 is 4.74 Å². The first-order valence-electron chi connectivity index (χ1n) is 7.03. The zero-order valence-corrected chi connectivity index (χ0v) is 12.5. The highest BCUT2D eigenvalue weighted by Gasteiger charge is 2.10. The summed E-state index contributed by atoms with van der Waals surface area (Å²) in [5, 5.41) is 0. The average Bonchev–Trinajstić information content (AvgIpc) is 2.49. The van der Waals surface area contributed by atoms with Crippen LogP contribution in [-0.4, -0.2) is 35.9 Å². The van der Waals surface area contributed by atoms with Crippen LogP contribution in [-0.2, 0) is 6.54 Å². The molecule has 0 unspecified atom stereocenters. The maximum atomic E-state index is 12.2. The number of carbonyl (C=O) groups excluding carboxylic acids is 1. The molecule has 21 heavy (non-hydrogen) atoms. The van der Waals surface area contributed by atoms with Crippen LogP contribution in [0.15, 0.2) is 48.7 Å². The molecule has 110 valence electrons. The summed E-state index contributed by atoms with van der Waals surface area (Å²) in [5.41, 5.74) is 1.66. The molecule has 4 nitrogen and oxygen atoms in total. The lowest BCUT2D eigenvalue weighted by Crippen LogP contribution is -2.26. The van der Waals surface area contributed by atoms with Crippen molar-refractivity contribution in [2.45, 2.75) is 13.5 Å². The van der Waals surface area contributed by atoms with E-state index in [2.05, 4.69) is 4.98 Å². The normalized spacial score (nSPS) is 10.6. The fourth-order valence-electron chi connectivity index (χ4n) is 2.06. The van der Waals surface area contributed by atoms with Crippen molar-refractivity contribution < 1.29 is 9.53 Å². The summed E-state index contributed by atoms with van der Waals surface area (Å²) >= 11 is 0. The van der Waals surface area contributed by atoms with Crippen LogP contribution in [0, 0.1) is 0 Å². The molecule has 0 fully saturated rings. The van der Waals surface area contributed by atoms with Crippen LogP contribution in [0.25, 0.3) is 0 Å². The van der Waals surface area contributed by atoms with Crippen molar-refractivity contribution in [1.82, 2.24) is 9.88 Å². The third kappa shape index (κ3) is 4.68. The van der Waals surface area contributed by atoms with Gasteiger partial charge in [-0.25, -0.2) is 0 Å². The van der Waals surface area contributed by atoms with Gasteiger partial charge in [-0.2, -0.15) is 0 Å². The van der Waals surface area contributed by atoms with Gasteiger partial charge in [0.25, 0.3) is 0 Å². The van der Waals surface area contributed by atoms with Crippen LogP contribution >= 0.6 is 0 Å². The standard InChI is InChI=1S/C17H20N2O2/c1-3-21-16-9-7-14(8-10-16)17(20)13-19(2)12-15-6-4-5-11-18-15/h4-11H,3,12-13H2,1-2H3. The predicted molar refractivity (Wildman–Crippen MR) is 82.5 cm³/mol. The number of nitrogens with zero attached hydrogens (tertiary/aromatic N) is 2. The number of hydrogen-bond acceptors (Lipinski definition) is 4. The lowest BCUT2D eigenvalue weighted by Gasteiger charge is -2.15. The van der Waals surface area contributed by atoms with Crippen LogP contribution in [0.3, 0.4) is 0 Å². The maximum Gasteiger partial charge on any atom is 0.176 e. The van der Waals surface area contributed by atoms with Crippen LogP contribution in [0.4, 0.5) is 0 Å². The topological polar surface area (TPSA) is 42.4 Å². The molecule has 0 saturated carbocycles. The quantitative estimate of drug-likeness (QED) is 0.733. The number of carbonyl (C=O) groups is 1. The highest BCUT2D eigenvalue weighted by atomic mass is 16.5. The highest BCUT2D eigenvalue weighted by Crippen LogP contribution is 2.13. The molecule has 1 aromatic heterocycles. The van der Waals surface area contributed by atoms with Gasteiger partial charge in [0.05, 0.1) is 18.8 Å². The van der Waals surface area contributed by atoms with Crippen LogP contribution in [0.1, 0.15) is 23.0 Å². The fraction of sp³-hybridized carbons (Fsp3) is 0.294. The van der Waals surface area contributed by atoms with Crippen molar-refractivity contribution in [3.8, 4) is 5.75 Å². The molecule has 0 spiro atoms. The number of Topliss-reactive ketones (excluding diaryl/α,β-unsaturated/α-hetero) is 1. The first-order chi connectivity index (χ1) is 10.2. The molecule has 4 heteroatoms. The Labute approximate surface area is 125 Å². The number of likely N-dealkylation sites (N-methyl/N-ethyl adjacent to an activating group) is 1. The number of rotatable bonds is 7. The second-order valence-electron chi connectivity index (χ2n) is 4.87. The van der Waals surface area contributed by atoms with E-state index in [4.69, 9.17) is 4.74 Å². The Morgan fingerprint density at radius 3 is 2.57 bits per heavy atom. The van der Waals surface area contributed by atoms with Crippen molar-refractivity contribution in [3.05, 3.63) is 59.9 Å². The summed E-state index contributed by atoms with van der Waals surface area (Å²) in [7, 11) is 1.92. The van der Waals surface area contributed by atoms with Gasteiger partial charge in [-0.05, 0) is 50.4 Å². The molecule has 0 radical (unpaired) electrons. The van der Waals surface area contributed by atoms with Gasteiger partial charge in [-0.15, -0.1) is 0 Å². The Morgan fingerprint density at radius 2 is 1.95 bits per heavy atom. The number of aromatic nitrogens is 1. The van der Waals surface area contributed by atoms with E-state index in [1.165, 1.54) is 0 Å². The number of ketones is 1. The van der Waals surface area contributed by atoms with Crippen molar-refractivity contribution >= 4 is 5.78 Å². The molecular formula is C17H20N2O2. The van der Waals surface area contributed by atoms with Crippen LogP contribution < -0.4 is 4.74 Å². The monoisotopic (exact) mass is 284 g/mol. The van der Waals surface area contributed by atoms with E-state index in [9.17, 15) is 4.79 Å². The van der Waals surface area contributed by atoms with E-state index >= 15 is 0 Å². The number of pyridine rings is 1. The minimum atomic E-state index is 0.0940. The molecule has 0 aliphatic rings. The SMILES string of the molecule is CCOc1ccc(C(=O)CN(C)Cc2ccccn2)cc1. The van der Waals surface area contributed by atoms with E-state index in [1.54, 1.807) is 6.20 Å². The van der Waals surface area contributed by atoms with Gasteiger partial charge in [0.2, 0.25) is 0 Å². The molecule has 0 saturated heterocycles. The summed E-state index contributed by atoms with van der Waals surface area (Å²) in [6.07, 6.45) is 1.76. The smallest absolute Gasteiger partial charge is 0.176 e. The van der Waals surface area contributed by atoms with Gasteiger partial charge in [0, 0.05) is 18.3 Å². The zero-order chi connectivity index (χ0) is 15.1. The van der Waals surface area contributed by atoms with E-state index in [1.807, 2.05) is 61.3 Å². The van der Waals surface area contributed by atoms with Crippen molar-refractivity contribution in [3.63, 3.8) is 0 Å². The van der Waals surface area contributed by atoms with Gasteiger partial charge >= 0.3 is 0 Å². The third-order valence-corrected chi connectivity index (χ3v) is 3.06. The Hall–Kier alpha value is -2.20. The molecule has 0 amide bonds. The van der Waals surface area contributed by atoms with Crippen molar-refractivity contribution in [2.24, 2.45) is 0 Å². The molecule has 0 aliphatic heterocycles. The third-order valence-electron chi connectivity index (χ3n) is 3.06. The molecule has 2 aromatic rings. The molecular weight excluding hydrogens is 264 g/mol. The zero-order valence-electron chi connectivity index (χ0n) is 12.5. The van der Waals surface area contributed by atoms with E-state index < -0.39 is 0 Å². The second-order valence-corrected chi connectivity index (χ2v) is 4.87. The summed E-state index contributed by atoms with van der Waals surface area (Å²) in [6, 6.07) is 13.1. The summed E-state index contributed by atoms with van der Waals surface area (Å²) in [4.78, 5) is 18.4. The Kier molecular flexibility index (Phi) is 5.46. The van der Waals surface area contributed by atoms with Crippen molar-refractivity contribution in [2.75, 3.05) is 20.2 Å². The molecule has 0 bridgehead atoms. The Bertz CT molecular complexity index is 567. The molecule has 1 aromatic carbocycles. The molecule has 1 heterocycles. The van der Waals surface area contributed by atoms with Gasteiger partial charge in [-0.1, -0.05) is 6.07 Å². The molecule has 2 rings (SSSR count). The maximum absolute atomic E-state index is 12.2. The molecule has 0 N–H and O–H groups in total. The Morgan fingerprint density at radius 1 is 1.19 bits per heavy atom. The first-order valence-corrected chi connectivity index (χ1v) is 7.03. The Balaban J connectivity index is 1.91. The number of hydrogen-bond donors (Lipinski definition) is 0. The van der Waals surface area contributed by atoms with E-state index in [-0.39, 0.29) is 5.78 Å². The van der Waals surface area contributed by atoms with E-state index in [0.717, 1.165) is 11.4 Å². The van der Waals surface area contributed by atoms with Crippen LogP contribution in [0.2, 0.25) is 0 Å². The van der Waals surface area contributed by atoms with Gasteiger partial charge in [-0.3, -0.25) is 14.7 Å². The van der Waals surface area contributed by atoms with Crippen molar-refractivity contribution in [1.29, 1.82) is 0 Å². The second kappa shape index (κ2) is 7.55.